The third kappa shape index (κ3) is 3.16. The fourth-order valence-electron chi connectivity index (χ4n) is 1.99. The van der Waals surface area contributed by atoms with Crippen LogP contribution in [0.5, 0.6) is 5.75 Å². The summed E-state index contributed by atoms with van der Waals surface area (Å²) >= 11 is 11.8. The van der Waals surface area contributed by atoms with Crippen LogP contribution in [0.4, 0.5) is 5.69 Å². The Morgan fingerprint density at radius 2 is 1.73 bits per heavy atom. The van der Waals surface area contributed by atoms with E-state index in [1.54, 1.807) is 38.3 Å². The van der Waals surface area contributed by atoms with Crippen LogP contribution >= 0.6 is 23.2 Å². The number of hydrogen-bond acceptors (Lipinski definition) is 3. The molecule has 0 spiro atoms. The number of methoxy groups -OCH3 is 1. The van der Waals surface area contributed by atoms with Crippen LogP contribution in [0.15, 0.2) is 41.3 Å². The lowest BCUT2D eigenvalue weighted by atomic mass is 10.2. The van der Waals surface area contributed by atoms with Crippen molar-refractivity contribution in [2.45, 2.75) is 11.8 Å². The maximum absolute atomic E-state index is 12.7. The van der Waals surface area contributed by atoms with Crippen molar-refractivity contribution in [1.29, 1.82) is 0 Å². The molecule has 2 aromatic carbocycles. The van der Waals surface area contributed by atoms with Crippen LogP contribution in [-0.4, -0.2) is 22.6 Å². The summed E-state index contributed by atoms with van der Waals surface area (Å²) in [5, 5.41) is 0.670. The van der Waals surface area contributed by atoms with Crippen LogP contribution in [0.1, 0.15) is 5.56 Å². The molecular formula is C15H15Cl2NO3S. The van der Waals surface area contributed by atoms with Crippen molar-refractivity contribution >= 4 is 38.9 Å². The van der Waals surface area contributed by atoms with E-state index in [1.807, 2.05) is 0 Å². The van der Waals surface area contributed by atoms with Gasteiger partial charge in [0.25, 0.3) is 10.0 Å². The highest BCUT2D eigenvalue weighted by atomic mass is 35.5. The lowest BCUT2D eigenvalue weighted by Gasteiger charge is -2.20. The minimum absolute atomic E-state index is 0.180. The van der Waals surface area contributed by atoms with Gasteiger partial charge in [-0.15, -0.1) is 0 Å². The molecule has 0 unspecified atom stereocenters. The molecule has 0 saturated heterocycles. The Hall–Kier alpha value is -1.43. The van der Waals surface area contributed by atoms with E-state index in [2.05, 4.69) is 0 Å². The number of hydrogen-bond donors (Lipinski definition) is 0. The number of aryl methyl sites for hydroxylation is 1. The smallest absolute Gasteiger partial charge is 0.264 e. The van der Waals surface area contributed by atoms with Gasteiger partial charge in [0, 0.05) is 7.05 Å². The van der Waals surface area contributed by atoms with Gasteiger partial charge in [-0.3, -0.25) is 4.31 Å². The minimum Gasteiger partial charge on any atom is -0.496 e. The number of benzene rings is 2. The normalized spacial score (nSPS) is 11.3. The predicted molar refractivity (Wildman–Crippen MR) is 89.8 cm³/mol. The van der Waals surface area contributed by atoms with Crippen LogP contribution in [-0.2, 0) is 10.0 Å². The number of ether oxygens (including phenoxy) is 1. The van der Waals surface area contributed by atoms with E-state index in [-0.39, 0.29) is 4.90 Å². The fraction of sp³-hybridized carbons (Fsp3) is 0.200. The third-order valence-corrected chi connectivity index (χ3v) is 5.81. The van der Waals surface area contributed by atoms with Crippen LogP contribution in [0.25, 0.3) is 0 Å². The molecule has 0 atom stereocenters. The highest BCUT2D eigenvalue weighted by Gasteiger charge is 2.22. The zero-order valence-corrected chi connectivity index (χ0v) is 14.6. The minimum atomic E-state index is -3.69. The summed E-state index contributed by atoms with van der Waals surface area (Å²) < 4.78 is 31.7. The Bertz CT molecular complexity index is 806. The molecule has 0 radical (unpaired) electrons. The van der Waals surface area contributed by atoms with Crippen LogP contribution in [0.2, 0.25) is 10.0 Å². The maximum Gasteiger partial charge on any atom is 0.264 e. The lowest BCUT2D eigenvalue weighted by Crippen LogP contribution is -2.26. The largest absolute Gasteiger partial charge is 0.496 e. The van der Waals surface area contributed by atoms with Gasteiger partial charge in [0.2, 0.25) is 0 Å². The molecule has 2 aromatic rings. The molecule has 0 aliphatic rings. The van der Waals surface area contributed by atoms with E-state index in [0.29, 0.717) is 21.5 Å². The number of anilines is 1. The first-order chi connectivity index (χ1) is 10.3. The molecule has 0 amide bonds. The zero-order valence-electron chi connectivity index (χ0n) is 12.3. The topological polar surface area (TPSA) is 46.6 Å². The van der Waals surface area contributed by atoms with Crippen LogP contribution < -0.4 is 9.04 Å². The van der Waals surface area contributed by atoms with Gasteiger partial charge in [0.15, 0.2) is 0 Å². The Morgan fingerprint density at radius 3 is 2.27 bits per heavy atom. The third-order valence-electron chi connectivity index (χ3n) is 3.29. The second-order valence-corrected chi connectivity index (χ2v) is 7.49. The molecule has 0 N–H and O–H groups in total. The van der Waals surface area contributed by atoms with Crippen molar-refractivity contribution < 1.29 is 13.2 Å². The van der Waals surface area contributed by atoms with Gasteiger partial charge in [0.05, 0.1) is 27.7 Å². The van der Waals surface area contributed by atoms with E-state index in [1.165, 1.54) is 19.2 Å². The molecule has 0 aliphatic carbocycles. The van der Waals surface area contributed by atoms with Gasteiger partial charge in [-0.2, -0.15) is 0 Å². The average Bonchev–Trinajstić information content (AvgIpc) is 2.49. The van der Waals surface area contributed by atoms with Gasteiger partial charge in [-0.25, -0.2) is 8.42 Å². The SMILES string of the molecule is COc1ccc(S(=O)(=O)N(C)c2ccc(Cl)c(Cl)c2)cc1C. The van der Waals surface area contributed by atoms with Crippen LogP contribution in [0.3, 0.4) is 0 Å². The van der Waals surface area contributed by atoms with Crippen molar-refractivity contribution in [2.24, 2.45) is 0 Å². The first-order valence-corrected chi connectivity index (χ1v) is 8.55. The number of rotatable bonds is 4. The second-order valence-electron chi connectivity index (χ2n) is 4.70. The van der Waals surface area contributed by atoms with Crippen molar-refractivity contribution in [3.05, 3.63) is 52.0 Å². The molecular weight excluding hydrogens is 345 g/mol. The van der Waals surface area contributed by atoms with E-state index >= 15 is 0 Å². The molecule has 4 nitrogen and oxygen atoms in total. The highest BCUT2D eigenvalue weighted by Crippen LogP contribution is 2.30. The summed E-state index contributed by atoms with van der Waals surface area (Å²) in [6.45, 7) is 1.79. The van der Waals surface area contributed by atoms with E-state index in [0.717, 1.165) is 9.87 Å². The zero-order chi connectivity index (χ0) is 16.5. The molecule has 0 aliphatic heterocycles. The van der Waals surface area contributed by atoms with Crippen molar-refractivity contribution in [1.82, 2.24) is 0 Å². The summed E-state index contributed by atoms with van der Waals surface area (Å²) in [4.78, 5) is 0.180. The standard InChI is InChI=1S/C15H15Cl2NO3S/c1-10-8-12(5-7-15(10)21-3)22(19,20)18(2)11-4-6-13(16)14(17)9-11/h4-9H,1-3H3. The first kappa shape index (κ1) is 16.9. The number of sulfonamides is 1. The summed E-state index contributed by atoms with van der Waals surface area (Å²) in [6, 6.07) is 9.38. The molecule has 0 saturated carbocycles. The van der Waals surface area contributed by atoms with E-state index < -0.39 is 10.0 Å². The van der Waals surface area contributed by atoms with Gasteiger partial charge in [0.1, 0.15) is 5.75 Å². The van der Waals surface area contributed by atoms with E-state index in [4.69, 9.17) is 27.9 Å². The molecule has 0 aromatic heterocycles. The molecule has 7 heteroatoms. The monoisotopic (exact) mass is 359 g/mol. The van der Waals surface area contributed by atoms with Crippen molar-refractivity contribution in [2.75, 3.05) is 18.5 Å². The lowest BCUT2D eigenvalue weighted by molar-refractivity contribution is 0.411. The Labute approximate surface area is 140 Å². The molecule has 118 valence electrons. The first-order valence-electron chi connectivity index (χ1n) is 6.36. The van der Waals surface area contributed by atoms with Gasteiger partial charge in [-0.1, -0.05) is 23.2 Å². The van der Waals surface area contributed by atoms with E-state index in [9.17, 15) is 8.42 Å². The maximum atomic E-state index is 12.7. The van der Waals surface area contributed by atoms with Crippen molar-refractivity contribution in [3.8, 4) is 5.75 Å². The molecule has 0 heterocycles. The Kier molecular flexibility index (Phi) is 4.90. The number of halogens is 2. The quantitative estimate of drug-likeness (QED) is 0.824. The summed E-state index contributed by atoms with van der Waals surface area (Å²) in [7, 11) is -0.686. The summed E-state index contributed by atoms with van der Waals surface area (Å²) in [5.41, 5.74) is 1.17. The second kappa shape index (κ2) is 6.36. The predicted octanol–water partition coefficient (Wildman–Crippen LogP) is 4.14. The molecule has 22 heavy (non-hydrogen) atoms. The average molecular weight is 360 g/mol. The van der Waals surface area contributed by atoms with Gasteiger partial charge >= 0.3 is 0 Å². The van der Waals surface area contributed by atoms with Gasteiger partial charge < -0.3 is 4.74 Å². The van der Waals surface area contributed by atoms with Crippen molar-refractivity contribution in [3.63, 3.8) is 0 Å². The summed E-state index contributed by atoms with van der Waals surface area (Å²) in [6.07, 6.45) is 0. The Morgan fingerprint density at radius 1 is 1.05 bits per heavy atom. The Balaban J connectivity index is 2.44. The highest BCUT2D eigenvalue weighted by molar-refractivity contribution is 7.92. The van der Waals surface area contributed by atoms with Gasteiger partial charge in [-0.05, 0) is 48.9 Å². The number of nitrogens with zero attached hydrogens (tertiary/aromatic N) is 1. The summed E-state index contributed by atoms with van der Waals surface area (Å²) in [5.74, 6) is 0.635. The van der Waals surface area contributed by atoms with Crippen LogP contribution in [0, 0.1) is 6.92 Å². The molecule has 0 bridgehead atoms. The fourth-order valence-corrected chi connectivity index (χ4v) is 3.55. The molecule has 2 rings (SSSR count). The molecule has 0 fully saturated rings.